The van der Waals surface area contributed by atoms with E-state index >= 15 is 0 Å². The van der Waals surface area contributed by atoms with Gasteiger partial charge in [0.05, 0.1) is 5.02 Å². The fraction of sp³-hybridized carbons (Fsp3) is 0.211. The van der Waals surface area contributed by atoms with E-state index in [0.717, 1.165) is 12.1 Å². The van der Waals surface area contributed by atoms with Gasteiger partial charge in [-0.2, -0.15) is 0 Å². The van der Waals surface area contributed by atoms with Gasteiger partial charge < -0.3 is 26.5 Å². The number of nitrogens with one attached hydrogen (secondary N) is 1. The van der Waals surface area contributed by atoms with Gasteiger partial charge in [0.2, 0.25) is 5.91 Å². The van der Waals surface area contributed by atoms with Gasteiger partial charge in [0.1, 0.15) is 11.6 Å². The summed E-state index contributed by atoms with van der Waals surface area (Å²) in [5, 5.41) is 10.4. The van der Waals surface area contributed by atoms with E-state index in [0.29, 0.717) is 40.8 Å². The number of aromatic hydroxyl groups is 1. The third-order valence-electron chi connectivity index (χ3n) is 4.63. The summed E-state index contributed by atoms with van der Waals surface area (Å²) in [4.78, 5) is 16.6. The second-order valence-corrected chi connectivity index (χ2v) is 6.65. The van der Waals surface area contributed by atoms with Gasteiger partial charge in [-0.3, -0.25) is 4.79 Å². The number of carbonyl (C=O) groups excluding carboxylic acids is 1. The summed E-state index contributed by atoms with van der Waals surface area (Å²) < 4.78 is 0. The molecule has 0 radical (unpaired) electrons. The Bertz CT molecular complexity index is 888. The molecule has 1 saturated heterocycles. The molecule has 6 nitrogen and oxygen atoms in total. The lowest BCUT2D eigenvalue weighted by Gasteiger charge is -2.13. The predicted octanol–water partition coefficient (Wildman–Crippen LogP) is 2.91. The van der Waals surface area contributed by atoms with Gasteiger partial charge in [-0.15, -0.1) is 0 Å². The molecule has 1 aliphatic heterocycles. The van der Waals surface area contributed by atoms with Crippen molar-refractivity contribution in [3.8, 4) is 5.75 Å². The number of nitrogens with zero attached hydrogens (tertiary/aromatic N) is 1. The first-order chi connectivity index (χ1) is 12.4. The van der Waals surface area contributed by atoms with Crippen molar-refractivity contribution < 1.29 is 9.90 Å². The molecule has 1 fully saturated rings. The molecular formula is C19H21ClN4O2. The van der Waals surface area contributed by atoms with Crippen LogP contribution in [-0.2, 0) is 4.79 Å². The van der Waals surface area contributed by atoms with Crippen LogP contribution >= 0.6 is 11.6 Å². The molecular weight excluding hydrogens is 352 g/mol. The monoisotopic (exact) mass is 372 g/mol. The number of likely N-dealkylation sites (tertiary alicyclic amines) is 1. The molecule has 0 saturated carbocycles. The van der Waals surface area contributed by atoms with Gasteiger partial charge in [-0.25, -0.2) is 0 Å². The maximum absolute atomic E-state index is 11.8. The molecule has 2 aromatic rings. The molecule has 1 amide bonds. The molecule has 1 aromatic heterocycles. The Balaban J connectivity index is 1.90. The molecule has 0 bridgehead atoms. The first kappa shape index (κ1) is 17.9. The number of carbonyl (C=O) groups is 1. The second-order valence-electron chi connectivity index (χ2n) is 6.27. The summed E-state index contributed by atoms with van der Waals surface area (Å²) in [6.45, 7) is 4.73. The SMILES string of the molecule is C=CC(=O)N1CC[C@H](c2[nH]c(N)c(/C=C(\N)c3ccccc3O)c2Cl)C1. The molecule has 1 aliphatic rings. The van der Waals surface area contributed by atoms with E-state index < -0.39 is 0 Å². The van der Waals surface area contributed by atoms with Crippen LogP contribution in [0, 0.1) is 0 Å². The number of hydrogen-bond donors (Lipinski definition) is 4. The van der Waals surface area contributed by atoms with Crippen molar-refractivity contribution in [3.05, 3.63) is 58.8 Å². The van der Waals surface area contributed by atoms with Crippen molar-refractivity contribution in [3.63, 3.8) is 0 Å². The Labute approximate surface area is 156 Å². The van der Waals surface area contributed by atoms with E-state index in [1.165, 1.54) is 6.08 Å². The Kier molecular flexibility index (Phi) is 4.95. The minimum atomic E-state index is -0.0907. The summed E-state index contributed by atoms with van der Waals surface area (Å²) in [6, 6.07) is 6.78. The van der Waals surface area contributed by atoms with E-state index in [1.54, 1.807) is 35.2 Å². The second kappa shape index (κ2) is 7.17. The highest BCUT2D eigenvalue weighted by Crippen LogP contribution is 2.38. The first-order valence-electron chi connectivity index (χ1n) is 8.26. The van der Waals surface area contributed by atoms with Crippen LogP contribution in [0.25, 0.3) is 11.8 Å². The van der Waals surface area contributed by atoms with Gasteiger partial charge in [0.15, 0.2) is 0 Å². The number of nitrogens with two attached hydrogens (primary N) is 2. The maximum atomic E-state index is 11.8. The Morgan fingerprint density at radius 2 is 2.15 bits per heavy atom. The van der Waals surface area contributed by atoms with Gasteiger partial charge in [0.25, 0.3) is 0 Å². The molecule has 2 heterocycles. The smallest absolute Gasteiger partial charge is 0.245 e. The van der Waals surface area contributed by atoms with Crippen LogP contribution in [0.1, 0.15) is 29.2 Å². The van der Waals surface area contributed by atoms with Gasteiger partial charge in [-0.05, 0) is 30.7 Å². The molecule has 26 heavy (non-hydrogen) atoms. The Morgan fingerprint density at radius 1 is 1.42 bits per heavy atom. The topological polar surface area (TPSA) is 108 Å². The molecule has 0 spiro atoms. The number of halogens is 1. The summed E-state index contributed by atoms with van der Waals surface area (Å²) in [5.41, 5.74) is 14.5. The Morgan fingerprint density at radius 3 is 2.85 bits per heavy atom. The number of para-hydroxylation sites is 1. The number of phenolic OH excluding ortho intramolecular Hbond substituents is 1. The average molecular weight is 373 g/mol. The van der Waals surface area contributed by atoms with Crippen LogP contribution in [0.5, 0.6) is 5.75 Å². The highest BCUT2D eigenvalue weighted by molar-refractivity contribution is 6.33. The summed E-state index contributed by atoms with van der Waals surface area (Å²) in [5.74, 6) is 0.465. The first-order valence-corrected chi connectivity index (χ1v) is 8.63. The van der Waals surface area contributed by atoms with Crippen molar-refractivity contribution in [1.29, 1.82) is 0 Å². The molecule has 136 valence electrons. The number of phenols is 1. The lowest BCUT2D eigenvalue weighted by Crippen LogP contribution is -2.26. The molecule has 1 atom stereocenters. The highest BCUT2D eigenvalue weighted by atomic mass is 35.5. The van der Waals surface area contributed by atoms with E-state index in [-0.39, 0.29) is 17.6 Å². The highest BCUT2D eigenvalue weighted by Gasteiger charge is 2.30. The zero-order valence-electron chi connectivity index (χ0n) is 14.2. The number of H-pyrrole nitrogens is 1. The van der Waals surface area contributed by atoms with Crippen molar-refractivity contribution in [2.24, 2.45) is 5.73 Å². The number of aromatic nitrogens is 1. The zero-order valence-corrected chi connectivity index (χ0v) is 15.0. The number of nitrogen functional groups attached to an aromatic ring is 1. The lowest BCUT2D eigenvalue weighted by molar-refractivity contribution is -0.125. The van der Waals surface area contributed by atoms with Crippen LogP contribution in [-0.4, -0.2) is 34.0 Å². The van der Waals surface area contributed by atoms with Crippen molar-refractivity contribution in [2.45, 2.75) is 12.3 Å². The van der Waals surface area contributed by atoms with Crippen molar-refractivity contribution in [1.82, 2.24) is 9.88 Å². The minimum Gasteiger partial charge on any atom is -0.507 e. The number of hydrogen-bond acceptors (Lipinski definition) is 4. The average Bonchev–Trinajstić information content (AvgIpc) is 3.21. The van der Waals surface area contributed by atoms with Crippen LogP contribution < -0.4 is 11.5 Å². The zero-order chi connectivity index (χ0) is 18.8. The summed E-state index contributed by atoms with van der Waals surface area (Å²) in [7, 11) is 0. The summed E-state index contributed by atoms with van der Waals surface area (Å²) in [6.07, 6.45) is 3.75. The van der Waals surface area contributed by atoms with Gasteiger partial charge in [0, 0.05) is 41.5 Å². The number of aromatic amines is 1. The molecule has 1 aromatic carbocycles. The molecule has 0 unspecified atom stereocenters. The summed E-state index contributed by atoms with van der Waals surface area (Å²) >= 11 is 6.54. The van der Waals surface area contributed by atoms with Crippen molar-refractivity contribution >= 4 is 35.1 Å². The number of anilines is 1. The number of rotatable bonds is 4. The van der Waals surface area contributed by atoms with Gasteiger partial charge >= 0.3 is 0 Å². The molecule has 6 N–H and O–H groups in total. The Hall–Kier alpha value is -2.86. The molecule has 0 aliphatic carbocycles. The quantitative estimate of drug-likeness (QED) is 0.618. The van der Waals surface area contributed by atoms with Crippen LogP contribution in [0.2, 0.25) is 5.02 Å². The van der Waals surface area contributed by atoms with E-state index in [2.05, 4.69) is 11.6 Å². The van der Waals surface area contributed by atoms with Crippen molar-refractivity contribution in [2.75, 3.05) is 18.8 Å². The largest absolute Gasteiger partial charge is 0.507 e. The van der Waals surface area contributed by atoms with Crippen LogP contribution in [0.15, 0.2) is 36.9 Å². The van der Waals surface area contributed by atoms with E-state index in [4.69, 9.17) is 23.1 Å². The molecule has 3 rings (SSSR count). The number of benzene rings is 1. The normalized spacial score (nSPS) is 17.5. The molecule has 7 heteroatoms. The minimum absolute atomic E-state index is 0.0715. The maximum Gasteiger partial charge on any atom is 0.245 e. The van der Waals surface area contributed by atoms with E-state index in [9.17, 15) is 9.90 Å². The van der Waals surface area contributed by atoms with Gasteiger partial charge in [-0.1, -0.05) is 30.3 Å². The van der Waals surface area contributed by atoms with Crippen LogP contribution in [0.4, 0.5) is 5.82 Å². The lowest BCUT2D eigenvalue weighted by atomic mass is 10.0. The number of amides is 1. The third kappa shape index (κ3) is 3.28. The predicted molar refractivity (Wildman–Crippen MR) is 105 cm³/mol. The fourth-order valence-corrected chi connectivity index (χ4v) is 3.59. The fourth-order valence-electron chi connectivity index (χ4n) is 3.23. The van der Waals surface area contributed by atoms with Crippen LogP contribution in [0.3, 0.4) is 0 Å². The third-order valence-corrected chi connectivity index (χ3v) is 5.04. The standard InChI is InChI=1S/C19H21ClN4O2/c1-2-16(26)24-8-7-11(10-24)18-17(20)13(19(22)23-18)9-14(21)12-5-3-4-6-15(12)25/h2-6,9,11,23,25H,1,7-8,10,21-22H2/b14-9-/t11-/m0/s1. The van der Waals surface area contributed by atoms with E-state index in [1.807, 2.05) is 0 Å².